The number of carboxylic acids is 1. The van der Waals surface area contributed by atoms with Gasteiger partial charge in [0.25, 0.3) is 5.91 Å². The van der Waals surface area contributed by atoms with Crippen LogP contribution in [-0.2, 0) is 9.59 Å². The van der Waals surface area contributed by atoms with Crippen molar-refractivity contribution in [3.8, 4) is 0 Å². The van der Waals surface area contributed by atoms with Crippen LogP contribution in [0, 0.1) is 12.8 Å². The number of carbonyl (C=O) groups excluding carboxylic acids is 2. The first-order valence-electron chi connectivity index (χ1n) is 11.0. The summed E-state index contributed by atoms with van der Waals surface area (Å²) in [4.78, 5) is 41.7. The maximum atomic E-state index is 13.2. The number of rotatable bonds is 9. The molecule has 1 heterocycles. The first kappa shape index (κ1) is 23.9. The Bertz CT molecular complexity index is 1140. The van der Waals surface area contributed by atoms with Crippen LogP contribution >= 0.6 is 0 Å². The van der Waals surface area contributed by atoms with E-state index < -0.39 is 29.9 Å². The monoisotopic (exact) mass is 447 g/mol. The summed E-state index contributed by atoms with van der Waals surface area (Å²) < 4.78 is 0. The highest BCUT2D eigenvalue weighted by Gasteiger charge is 2.27. The molecule has 0 aliphatic rings. The van der Waals surface area contributed by atoms with Crippen LogP contribution in [-0.4, -0.2) is 33.9 Å². The molecule has 3 rings (SSSR count). The Morgan fingerprint density at radius 3 is 2.27 bits per heavy atom. The van der Waals surface area contributed by atoms with E-state index in [1.54, 1.807) is 24.4 Å². The van der Waals surface area contributed by atoms with Crippen molar-refractivity contribution in [1.29, 1.82) is 0 Å². The highest BCUT2D eigenvalue weighted by atomic mass is 16.4. The van der Waals surface area contributed by atoms with Crippen LogP contribution in [0.3, 0.4) is 0 Å². The summed E-state index contributed by atoms with van der Waals surface area (Å²) in [6, 6.07) is 15.1. The number of aryl methyl sites for hydroxylation is 1. The highest BCUT2D eigenvalue weighted by Crippen LogP contribution is 2.19. The number of carboxylic acid groups (broad SMARTS) is 1. The van der Waals surface area contributed by atoms with Crippen LogP contribution in [0.2, 0.25) is 0 Å². The number of fused-ring (bicyclic) bond motifs is 1. The van der Waals surface area contributed by atoms with E-state index in [0.717, 1.165) is 16.3 Å². The Morgan fingerprint density at radius 2 is 1.64 bits per heavy atom. The molecule has 0 radical (unpaired) electrons. The van der Waals surface area contributed by atoms with Crippen LogP contribution < -0.4 is 10.6 Å². The summed E-state index contributed by atoms with van der Waals surface area (Å²) in [6.45, 7) is 5.84. The minimum atomic E-state index is -1.02. The number of aromatic nitrogens is 1. The topological polar surface area (TPSA) is 108 Å². The molecule has 172 valence electrons. The van der Waals surface area contributed by atoms with E-state index in [4.69, 9.17) is 0 Å². The van der Waals surface area contributed by atoms with Crippen molar-refractivity contribution in [3.05, 3.63) is 77.6 Å². The van der Waals surface area contributed by atoms with Crippen LogP contribution in [0.5, 0.6) is 0 Å². The maximum Gasteiger partial charge on any atom is 0.305 e. The van der Waals surface area contributed by atoms with Gasteiger partial charge in [-0.15, -0.1) is 0 Å². The van der Waals surface area contributed by atoms with Crippen molar-refractivity contribution in [2.24, 2.45) is 5.92 Å². The smallest absolute Gasteiger partial charge is 0.305 e. The normalized spacial score (nSPS) is 12.8. The van der Waals surface area contributed by atoms with Gasteiger partial charge in [0.2, 0.25) is 5.91 Å². The first-order valence-corrected chi connectivity index (χ1v) is 11.0. The summed E-state index contributed by atoms with van der Waals surface area (Å²) in [5.74, 6) is -1.77. The lowest BCUT2D eigenvalue weighted by molar-refractivity contribution is -0.137. The van der Waals surface area contributed by atoms with E-state index in [1.807, 2.05) is 57.2 Å². The fourth-order valence-electron chi connectivity index (χ4n) is 3.64. The second-order valence-electron chi connectivity index (χ2n) is 8.64. The van der Waals surface area contributed by atoms with Gasteiger partial charge >= 0.3 is 5.97 Å². The molecular formula is C26H29N3O4. The fourth-order valence-corrected chi connectivity index (χ4v) is 3.64. The quantitative estimate of drug-likeness (QED) is 0.459. The second kappa shape index (κ2) is 10.7. The molecule has 7 nitrogen and oxygen atoms in total. The third kappa shape index (κ3) is 6.62. The first-order chi connectivity index (χ1) is 15.7. The standard InChI is InChI=1S/C26H29N3O4/c1-16(2)12-23(29-25(32)22-13-19-6-4-5-7-20(19)15-27-22)26(33)28-21(14-24(30)31)18-10-8-17(3)9-11-18/h4-11,13,15-16,21,23H,12,14H2,1-3H3,(H,28,33)(H,29,32)(H,30,31)/t21-,23+/m1/s1. The van der Waals surface area contributed by atoms with E-state index in [0.29, 0.717) is 12.0 Å². The van der Waals surface area contributed by atoms with Crippen molar-refractivity contribution in [2.75, 3.05) is 0 Å². The zero-order chi connectivity index (χ0) is 24.0. The predicted molar refractivity (Wildman–Crippen MR) is 127 cm³/mol. The summed E-state index contributed by atoms with van der Waals surface area (Å²) in [6.07, 6.45) is 1.77. The largest absolute Gasteiger partial charge is 0.481 e. The second-order valence-corrected chi connectivity index (χ2v) is 8.64. The number of hydrogen-bond donors (Lipinski definition) is 3. The minimum absolute atomic E-state index is 0.128. The lowest BCUT2D eigenvalue weighted by atomic mass is 9.99. The summed E-state index contributed by atoms with van der Waals surface area (Å²) in [5, 5.41) is 16.8. The minimum Gasteiger partial charge on any atom is -0.481 e. The summed E-state index contributed by atoms with van der Waals surface area (Å²) in [5.41, 5.74) is 1.95. The van der Waals surface area contributed by atoms with Crippen molar-refractivity contribution >= 4 is 28.6 Å². The molecule has 1 aromatic heterocycles. The van der Waals surface area contributed by atoms with Crippen molar-refractivity contribution in [1.82, 2.24) is 15.6 Å². The third-order valence-electron chi connectivity index (χ3n) is 5.37. The van der Waals surface area contributed by atoms with E-state index >= 15 is 0 Å². The Labute approximate surface area is 193 Å². The van der Waals surface area contributed by atoms with Gasteiger partial charge in [-0.3, -0.25) is 19.4 Å². The molecule has 0 aliphatic heterocycles. The Morgan fingerprint density at radius 1 is 0.970 bits per heavy atom. The number of hydrogen-bond acceptors (Lipinski definition) is 4. The molecular weight excluding hydrogens is 418 g/mol. The van der Waals surface area contributed by atoms with Gasteiger partial charge in [0.05, 0.1) is 12.5 Å². The molecule has 0 saturated carbocycles. The zero-order valence-electron chi connectivity index (χ0n) is 19.0. The van der Waals surface area contributed by atoms with Gasteiger partial charge in [-0.05, 0) is 36.3 Å². The Kier molecular flexibility index (Phi) is 7.77. The average molecular weight is 448 g/mol. The van der Waals surface area contributed by atoms with Gasteiger partial charge in [0.1, 0.15) is 11.7 Å². The number of benzene rings is 2. The van der Waals surface area contributed by atoms with Gasteiger partial charge in [0.15, 0.2) is 0 Å². The lowest BCUT2D eigenvalue weighted by Gasteiger charge is -2.24. The van der Waals surface area contributed by atoms with Crippen molar-refractivity contribution in [3.63, 3.8) is 0 Å². The van der Waals surface area contributed by atoms with Gasteiger partial charge in [0, 0.05) is 11.6 Å². The van der Waals surface area contributed by atoms with Crippen molar-refractivity contribution < 1.29 is 19.5 Å². The van der Waals surface area contributed by atoms with Gasteiger partial charge in [-0.1, -0.05) is 67.9 Å². The number of nitrogens with zero attached hydrogens (tertiary/aromatic N) is 1. The molecule has 2 amide bonds. The van der Waals surface area contributed by atoms with E-state index in [1.165, 1.54) is 0 Å². The number of aliphatic carboxylic acids is 1. The fraction of sp³-hybridized carbons (Fsp3) is 0.308. The average Bonchev–Trinajstić information content (AvgIpc) is 2.77. The zero-order valence-corrected chi connectivity index (χ0v) is 19.0. The van der Waals surface area contributed by atoms with Crippen molar-refractivity contribution in [2.45, 2.75) is 45.7 Å². The molecule has 33 heavy (non-hydrogen) atoms. The van der Waals surface area contributed by atoms with Gasteiger partial charge in [-0.2, -0.15) is 0 Å². The molecule has 0 aliphatic carbocycles. The summed E-state index contributed by atoms with van der Waals surface area (Å²) >= 11 is 0. The van der Waals surface area contributed by atoms with E-state index in [9.17, 15) is 19.5 Å². The van der Waals surface area contributed by atoms with Crippen LogP contribution in [0.1, 0.15) is 54.3 Å². The Hall–Kier alpha value is -3.74. The molecule has 2 atom stereocenters. The number of nitrogens with one attached hydrogen (secondary N) is 2. The van der Waals surface area contributed by atoms with Crippen LogP contribution in [0.25, 0.3) is 10.8 Å². The van der Waals surface area contributed by atoms with Crippen LogP contribution in [0.15, 0.2) is 60.8 Å². The molecule has 0 fully saturated rings. The molecule has 3 N–H and O–H groups in total. The molecule has 2 aromatic carbocycles. The molecule has 0 unspecified atom stereocenters. The number of amides is 2. The van der Waals surface area contributed by atoms with Gasteiger partial charge < -0.3 is 15.7 Å². The molecule has 0 spiro atoms. The SMILES string of the molecule is Cc1ccc([C@@H](CC(=O)O)NC(=O)[C@H](CC(C)C)NC(=O)c2cc3ccccc3cn2)cc1. The van der Waals surface area contributed by atoms with E-state index in [2.05, 4.69) is 15.6 Å². The highest BCUT2D eigenvalue weighted by molar-refractivity contribution is 5.98. The molecule has 7 heteroatoms. The predicted octanol–water partition coefficient (Wildman–Crippen LogP) is 4.02. The summed E-state index contributed by atoms with van der Waals surface area (Å²) in [7, 11) is 0. The Balaban J connectivity index is 1.79. The molecule has 0 saturated heterocycles. The van der Waals surface area contributed by atoms with Gasteiger partial charge in [-0.25, -0.2) is 0 Å². The third-order valence-corrected chi connectivity index (χ3v) is 5.37. The molecule has 0 bridgehead atoms. The number of carbonyl (C=O) groups is 3. The van der Waals surface area contributed by atoms with E-state index in [-0.39, 0.29) is 18.0 Å². The van der Waals surface area contributed by atoms with Crippen LogP contribution in [0.4, 0.5) is 0 Å². The number of pyridine rings is 1. The molecule has 3 aromatic rings. The lowest BCUT2D eigenvalue weighted by Crippen LogP contribution is -2.48. The maximum absolute atomic E-state index is 13.2.